The average molecular weight is 461 g/mol. The molecule has 1 heterocycles. The van der Waals surface area contributed by atoms with Gasteiger partial charge in [-0.2, -0.15) is 0 Å². The number of rotatable bonds is 2. The molecule has 0 amide bonds. The molecule has 0 unspecified atom stereocenters. The van der Waals surface area contributed by atoms with Crippen LogP contribution in [0.4, 0.5) is 0 Å². The fraction of sp³-hybridized carbons (Fsp3) is 1.00. The van der Waals surface area contributed by atoms with E-state index < -0.39 is 5.60 Å². The molecule has 190 valence electrons. The highest BCUT2D eigenvalue weighted by atomic mass is 16.5. The topological polar surface area (TPSA) is 49.7 Å². The molecule has 4 saturated carbocycles. The number of aliphatic hydroxyl groups is 2. The van der Waals surface area contributed by atoms with Gasteiger partial charge in [-0.05, 0) is 130 Å². The maximum Gasteiger partial charge on any atom is 0.0865 e. The molecule has 0 spiro atoms. The zero-order chi connectivity index (χ0) is 24.2. The van der Waals surface area contributed by atoms with Crippen molar-refractivity contribution in [2.45, 2.75) is 143 Å². The van der Waals surface area contributed by atoms with E-state index in [2.05, 4.69) is 41.5 Å². The second kappa shape index (κ2) is 7.22. The van der Waals surface area contributed by atoms with Crippen LogP contribution >= 0.6 is 0 Å². The Labute approximate surface area is 203 Å². The fourth-order valence-electron chi connectivity index (χ4n) is 11.1. The third-order valence-corrected chi connectivity index (χ3v) is 13.3. The monoisotopic (exact) mass is 460 g/mol. The van der Waals surface area contributed by atoms with Crippen molar-refractivity contribution in [3.8, 4) is 0 Å². The Morgan fingerprint density at radius 3 is 2.00 bits per heavy atom. The van der Waals surface area contributed by atoms with Gasteiger partial charge in [0.1, 0.15) is 0 Å². The fourth-order valence-corrected chi connectivity index (χ4v) is 11.1. The normalized spacial score (nSPS) is 56.2. The van der Waals surface area contributed by atoms with E-state index >= 15 is 0 Å². The Morgan fingerprint density at radius 2 is 1.36 bits per heavy atom. The summed E-state index contributed by atoms with van der Waals surface area (Å²) < 4.78 is 6.73. The van der Waals surface area contributed by atoms with Gasteiger partial charge >= 0.3 is 0 Å². The Hall–Kier alpha value is -0.120. The molecule has 2 N–H and O–H groups in total. The van der Waals surface area contributed by atoms with Crippen LogP contribution in [-0.2, 0) is 4.74 Å². The van der Waals surface area contributed by atoms with E-state index in [1.165, 1.54) is 44.9 Å². The zero-order valence-electron chi connectivity index (χ0n) is 22.8. The van der Waals surface area contributed by atoms with Gasteiger partial charge in [0, 0.05) is 0 Å². The number of hydrogen-bond acceptors (Lipinski definition) is 3. The third-order valence-electron chi connectivity index (χ3n) is 13.3. The molecule has 1 saturated heterocycles. The summed E-state index contributed by atoms with van der Waals surface area (Å²) in [5.41, 5.74) is 0.277. The van der Waals surface area contributed by atoms with Crippen LogP contribution in [0.1, 0.15) is 120 Å². The van der Waals surface area contributed by atoms with Gasteiger partial charge in [-0.25, -0.2) is 0 Å². The minimum absolute atomic E-state index is 0.0293. The van der Waals surface area contributed by atoms with Crippen molar-refractivity contribution >= 4 is 0 Å². The van der Waals surface area contributed by atoms with Crippen LogP contribution in [0.5, 0.6) is 0 Å². The van der Waals surface area contributed by atoms with E-state index in [1.807, 2.05) is 13.8 Å². The van der Waals surface area contributed by atoms with Crippen LogP contribution in [0.3, 0.4) is 0 Å². The highest BCUT2D eigenvalue weighted by Crippen LogP contribution is 2.76. The van der Waals surface area contributed by atoms with Crippen LogP contribution in [0.15, 0.2) is 0 Å². The van der Waals surface area contributed by atoms with Crippen molar-refractivity contribution in [1.82, 2.24) is 0 Å². The van der Waals surface area contributed by atoms with Crippen molar-refractivity contribution in [3.63, 3.8) is 0 Å². The summed E-state index contributed by atoms with van der Waals surface area (Å²) in [7, 11) is 0. The summed E-state index contributed by atoms with van der Waals surface area (Å²) in [6.07, 6.45) is 11.9. The summed E-state index contributed by atoms with van der Waals surface area (Å²) in [4.78, 5) is 0. The second-order valence-corrected chi connectivity index (χ2v) is 15.3. The van der Waals surface area contributed by atoms with E-state index in [-0.39, 0.29) is 23.2 Å². The van der Waals surface area contributed by atoms with E-state index in [9.17, 15) is 10.2 Å². The molecule has 10 atom stereocenters. The van der Waals surface area contributed by atoms with Crippen LogP contribution < -0.4 is 0 Å². The van der Waals surface area contributed by atoms with E-state index in [4.69, 9.17) is 4.74 Å². The summed E-state index contributed by atoms with van der Waals surface area (Å²) in [6, 6.07) is 0. The lowest BCUT2D eigenvalue weighted by atomic mass is 9.35. The lowest BCUT2D eigenvalue weighted by molar-refractivity contribution is -0.227. The van der Waals surface area contributed by atoms with Crippen molar-refractivity contribution in [3.05, 3.63) is 0 Å². The molecular weight excluding hydrogens is 408 g/mol. The second-order valence-electron chi connectivity index (χ2n) is 15.3. The molecule has 0 aromatic carbocycles. The molecule has 0 bridgehead atoms. The number of fused-ring (bicyclic) bond motifs is 5. The molecule has 5 fully saturated rings. The van der Waals surface area contributed by atoms with Crippen molar-refractivity contribution < 1.29 is 14.9 Å². The first-order valence-corrected chi connectivity index (χ1v) is 14.2. The highest BCUT2D eigenvalue weighted by Gasteiger charge is 2.70. The first-order valence-electron chi connectivity index (χ1n) is 14.2. The molecule has 0 radical (unpaired) electrons. The largest absolute Gasteiger partial charge is 0.393 e. The smallest absolute Gasteiger partial charge is 0.0865 e. The molecule has 3 nitrogen and oxygen atoms in total. The summed E-state index contributed by atoms with van der Waals surface area (Å²) >= 11 is 0. The summed E-state index contributed by atoms with van der Waals surface area (Å²) in [5, 5.41) is 21.5. The Kier molecular flexibility index (Phi) is 5.38. The van der Waals surface area contributed by atoms with Crippen molar-refractivity contribution in [2.24, 2.45) is 45.3 Å². The Balaban J connectivity index is 1.44. The van der Waals surface area contributed by atoms with Gasteiger partial charge in [0.2, 0.25) is 0 Å². The van der Waals surface area contributed by atoms with Gasteiger partial charge in [-0.1, -0.05) is 34.6 Å². The predicted molar refractivity (Wildman–Crippen MR) is 134 cm³/mol. The molecule has 33 heavy (non-hydrogen) atoms. The van der Waals surface area contributed by atoms with Gasteiger partial charge in [0.15, 0.2) is 0 Å². The van der Waals surface area contributed by atoms with Crippen molar-refractivity contribution in [1.29, 1.82) is 0 Å². The highest BCUT2D eigenvalue weighted by molar-refractivity contribution is 5.18. The summed E-state index contributed by atoms with van der Waals surface area (Å²) in [5.74, 6) is 2.73. The zero-order valence-corrected chi connectivity index (χ0v) is 22.8. The SMILES string of the molecule is CC(C)(O)[C@H]1CC[C@@](C)([C@H]2CC[C@]3(C)[C@@H]2CC[C@H]2[C@@]4(C)CC[C@@H](O)C(C)(C)[C@@H]4CC[C@]23C)O1. The standard InChI is InChI=1S/C30H52O3/c1-25(2)21-12-17-29(7)22(27(21,5)15-13-23(25)31)10-9-19-20(11-16-28(19,29)6)30(8)18-14-24(33-30)26(3,4)32/h19-24,31-32H,9-18H2,1-8H3/t19-,20+,21+,22+,23-,24-,27+,28-,29-,30+/m1/s1. The molecule has 0 aromatic rings. The van der Waals surface area contributed by atoms with Gasteiger partial charge in [-0.15, -0.1) is 0 Å². The third kappa shape index (κ3) is 3.16. The van der Waals surface area contributed by atoms with Crippen LogP contribution in [0, 0.1) is 45.3 Å². The Morgan fingerprint density at radius 1 is 0.697 bits per heavy atom. The molecule has 4 aliphatic carbocycles. The van der Waals surface area contributed by atoms with E-state index in [0.29, 0.717) is 28.1 Å². The van der Waals surface area contributed by atoms with Crippen LogP contribution in [-0.4, -0.2) is 33.6 Å². The lowest BCUT2D eigenvalue weighted by Crippen LogP contribution is -2.64. The predicted octanol–water partition coefficient (Wildman–Crippen LogP) is 6.74. The molecular formula is C30H52O3. The first kappa shape index (κ1) is 24.6. The maximum absolute atomic E-state index is 10.9. The van der Waals surface area contributed by atoms with E-state index in [0.717, 1.165) is 31.1 Å². The van der Waals surface area contributed by atoms with Gasteiger partial charge in [0.05, 0.1) is 23.4 Å². The molecule has 1 aliphatic heterocycles. The minimum atomic E-state index is -0.755. The van der Waals surface area contributed by atoms with Gasteiger partial charge in [0.25, 0.3) is 0 Å². The lowest BCUT2D eigenvalue weighted by Gasteiger charge is -2.70. The number of ether oxygens (including phenoxy) is 1. The van der Waals surface area contributed by atoms with Gasteiger partial charge < -0.3 is 14.9 Å². The first-order chi connectivity index (χ1) is 15.1. The van der Waals surface area contributed by atoms with Crippen LogP contribution in [0.2, 0.25) is 0 Å². The molecule has 0 aromatic heterocycles. The Bertz CT molecular complexity index is 784. The van der Waals surface area contributed by atoms with Crippen molar-refractivity contribution in [2.75, 3.05) is 0 Å². The minimum Gasteiger partial charge on any atom is -0.393 e. The average Bonchev–Trinajstić information content (AvgIpc) is 3.27. The van der Waals surface area contributed by atoms with Crippen LogP contribution in [0.25, 0.3) is 0 Å². The number of hydrogen-bond donors (Lipinski definition) is 2. The van der Waals surface area contributed by atoms with Gasteiger partial charge in [-0.3, -0.25) is 0 Å². The molecule has 5 rings (SSSR count). The molecule has 3 heteroatoms. The maximum atomic E-state index is 10.9. The quantitative estimate of drug-likeness (QED) is 0.480. The van der Waals surface area contributed by atoms with E-state index in [1.54, 1.807) is 0 Å². The summed E-state index contributed by atoms with van der Waals surface area (Å²) in [6.45, 7) is 18.8. The number of aliphatic hydroxyl groups excluding tert-OH is 1. The molecule has 5 aliphatic rings.